The minimum absolute atomic E-state index is 0.139. The van der Waals surface area contributed by atoms with Crippen LogP contribution in [0.2, 0.25) is 0 Å². The lowest BCUT2D eigenvalue weighted by atomic mass is 9.89. The fourth-order valence-corrected chi connectivity index (χ4v) is 1.93. The predicted octanol–water partition coefficient (Wildman–Crippen LogP) is 3.83. The molecule has 0 aliphatic carbocycles. The first-order valence-electron chi connectivity index (χ1n) is 6.69. The van der Waals surface area contributed by atoms with Crippen molar-refractivity contribution in [2.24, 2.45) is 5.41 Å². The third kappa shape index (κ3) is 7.70. The smallest absolute Gasteiger partial charge is 0.0683 e. The zero-order valence-electron chi connectivity index (χ0n) is 11.6. The van der Waals surface area contributed by atoms with Crippen molar-refractivity contribution in [1.29, 1.82) is 5.26 Å². The summed E-state index contributed by atoms with van der Waals surface area (Å²) in [5, 5.41) is 8.91. The van der Waals surface area contributed by atoms with Crippen molar-refractivity contribution < 1.29 is 0 Å². The van der Waals surface area contributed by atoms with Crippen LogP contribution in [0.3, 0.4) is 0 Å². The summed E-state index contributed by atoms with van der Waals surface area (Å²) in [6, 6.07) is 2.37. The maximum Gasteiger partial charge on any atom is 0.0683 e. The predicted molar refractivity (Wildman–Crippen MR) is 70.3 cm³/mol. The summed E-state index contributed by atoms with van der Waals surface area (Å²) in [6.45, 7) is 12.2. The standard InChI is InChI=1S/C14H28N2/c1-5-10-16(11-6-2)12-8-7-9-14(3,4)13-15/h5-12H2,1-4H3. The van der Waals surface area contributed by atoms with Crippen molar-refractivity contribution in [1.82, 2.24) is 4.90 Å². The van der Waals surface area contributed by atoms with Crippen LogP contribution in [0.4, 0.5) is 0 Å². The number of nitriles is 1. The van der Waals surface area contributed by atoms with E-state index in [1.807, 2.05) is 13.8 Å². The Kier molecular flexibility index (Phi) is 8.29. The van der Waals surface area contributed by atoms with E-state index in [2.05, 4.69) is 24.8 Å². The Bertz CT molecular complexity index is 197. The summed E-state index contributed by atoms with van der Waals surface area (Å²) in [6.07, 6.45) is 5.90. The van der Waals surface area contributed by atoms with Gasteiger partial charge in [-0.3, -0.25) is 0 Å². The van der Waals surface area contributed by atoms with Crippen molar-refractivity contribution in [2.75, 3.05) is 19.6 Å². The van der Waals surface area contributed by atoms with E-state index in [1.165, 1.54) is 45.3 Å². The van der Waals surface area contributed by atoms with Crippen LogP contribution < -0.4 is 0 Å². The molecule has 0 bridgehead atoms. The first kappa shape index (κ1) is 15.4. The van der Waals surface area contributed by atoms with E-state index in [0.29, 0.717) is 0 Å². The van der Waals surface area contributed by atoms with Crippen LogP contribution >= 0.6 is 0 Å². The maximum absolute atomic E-state index is 8.91. The normalized spacial score (nSPS) is 11.8. The molecule has 0 radical (unpaired) electrons. The van der Waals surface area contributed by atoms with Gasteiger partial charge in [0, 0.05) is 0 Å². The summed E-state index contributed by atoms with van der Waals surface area (Å²) in [5.74, 6) is 0. The minimum atomic E-state index is -0.139. The first-order valence-corrected chi connectivity index (χ1v) is 6.69. The molecule has 0 atom stereocenters. The topological polar surface area (TPSA) is 27.0 Å². The van der Waals surface area contributed by atoms with Gasteiger partial charge in [0.15, 0.2) is 0 Å². The van der Waals surface area contributed by atoms with Gasteiger partial charge in [-0.2, -0.15) is 5.26 Å². The van der Waals surface area contributed by atoms with Crippen molar-refractivity contribution in [3.63, 3.8) is 0 Å². The van der Waals surface area contributed by atoms with Gasteiger partial charge in [-0.05, 0) is 59.2 Å². The van der Waals surface area contributed by atoms with E-state index >= 15 is 0 Å². The number of hydrogen-bond acceptors (Lipinski definition) is 2. The van der Waals surface area contributed by atoms with Crippen LogP contribution in [0, 0.1) is 16.7 Å². The lowest BCUT2D eigenvalue weighted by Crippen LogP contribution is -2.26. The molecule has 0 amide bonds. The van der Waals surface area contributed by atoms with Crippen LogP contribution in [0.15, 0.2) is 0 Å². The molecule has 0 aliphatic heterocycles. The summed E-state index contributed by atoms with van der Waals surface area (Å²) < 4.78 is 0. The largest absolute Gasteiger partial charge is 0.303 e. The molecule has 0 saturated heterocycles. The first-order chi connectivity index (χ1) is 7.55. The molecule has 0 aromatic rings. The quantitative estimate of drug-likeness (QED) is 0.557. The molecule has 0 aromatic heterocycles. The van der Waals surface area contributed by atoms with Gasteiger partial charge < -0.3 is 4.90 Å². The third-order valence-electron chi connectivity index (χ3n) is 2.91. The molecule has 0 heterocycles. The number of nitrogens with zero attached hydrogens (tertiary/aromatic N) is 2. The SMILES string of the molecule is CCCN(CCC)CCCCC(C)(C)C#N. The second-order valence-electron chi connectivity index (χ2n) is 5.29. The average molecular weight is 224 g/mol. The second kappa shape index (κ2) is 8.58. The van der Waals surface area contributed by atoms with Crippen LogP contribution in [0.25, 0.3) is 0 Å². The molecule has 0 aromatic carbocycles. The molecule has 16 heavy (non-hydrogen) atoms. The Balaban J connectivity index is 3.66. The Morgan fingerprint density at radius 2 is 1.56 bits per heavy atom. The summed E-state index contributed by atoms with van der Waals surface area (Å²) >= 11 is 0. The van der Waals surface area contributed by atoms with Crippen LogP contribution in [-0.2, 0) is 0 Å². The molecular formula is C14H28N2. The highest BCUT2D eigenvalue weighted by molar-refractivity contribution is 4.91. The summed E-state index contributed by atoms with van der Waals surface area (Å²) in [7, 11) is 0. The fraction of sp³-hybridized carbons (Fsp3) is 0.929. The van der Waals surface area contributed by atoms with Gasteiger partial charge in [0.2, 0.25) is 0 Å². The molecule has 0 aliphatic rings. The van der Waals surface area contributed by atoms with Crippen molar-refractivity contribution >= 4 is 0 Å². The lowest BCUT2D eigenvalue weighted by Gasteiger charge is -2.21. The third-order valence-corrected chi connectivity index (χ3v) is 2.91. The fourth-order valence-electron chi connectivity index (χ4n) is 1.93. The van der Waals surface area contributed by atoms with E-state index < -0.39 is 0 Å². The molecule has 94 valence electrons. The Labute approximate surface area is 102 Å². The van der Waals surface area contributed by atoms with E-state index in [-0.39, 0.29) is 5.41 Å². The van der Waals surface area contributed by atoms with E-state index in [9.17, 15) is 0 Å². The minimum Gasteiger partial charge on any atom is -0.303 e. The zero-order valence-corrected chi connectivity index (χ0v) is 11.6. The summed E-state index contributed by atoms with van der Waals surface area (Å²) in [4.78, 5) is 2.54. The molecule has 0 saturated carbocycles. The molecule has 0 fully saturated rings. The molecular weight excluding hydrogens is 196 g/mol. The molecule has 0 unspecified atom stereocenters. The number of rotatable bonds is 9. The number of hydrogen-bond donors (Lipinski definition) is 0. The monoisotopic (exact) mass is 224 g/mol. The van der Waals surface area contributed by atoms with Crippen molar-refractivity contribution in [2.45, 2.75) is 59.8 Å². The van der Waals surface area contributed by atoms with Crippen molar-refractivity contribution in [3.05, 3.63) is 0 Å². The van der Waals surface area contributed by atoms with E-state index in [4.69, 9.17) is 5.26 Å². The van der Waals surface area contributed by atoms with Gasteiger partial charge in [-0.15, -0.1) is 0 Å². The van der Waals surface area contributed by atoms with Crippen LogP contribution in [0.1, 0.15) is 59.8 Å². The molecule has 2 heteroatoms. The van der Waals surface area contributed by atoms with Crippen molar-refractivity contribution in [3.8, 4) is 6.07 Å². The van der Waals surface area contributed by atoms with Gasteiger partial charge >= 0.3 is 0 Å². The molecule has 0 spiro atoms. The molecule has 2 nitrogen and oxygen atoms in total. The highest BCUT2D eigenvalue weighted by atomic mass is 15.1. The molecule has 0 rings (SSSR count). The van der Waals surface area contributed by atoms with E-state index in [1.54, 1.807) is 0 Å². The van der Waals surface area contributed by atoms with Gasteiger partial charge in [0.25, 0.3) is 0 Å². The zero-order chi connectivity index (χ0) is 12.4. The number of unbranched alkanes of at least 4 members (excludes halogenated alkanes) is 1. The van der Waals surface area contributed by atoms with E-state index in [0.717, 1.165) is 6.42 Å². The van der Waals surface area contributed by atoms with Crippen LogP contribution in [-0.4, -0.2) is 24.5 Å². The Morgan fingerprint density at radius 1 is 1.00 bits per heavy atom. The second-order valence-corrected chi connectivity index (χ2v) is 5.29. The van der Waals surface area contributed by atoms with Gasteiger partial charge in [0.1, 0.15) is 0 Å². The highest BCUT2D eigenvalue weighted by Crippen LogP contribution is 2.21. The molecule has 0 N–H and O–H groups in total. The Hall–Kier alpha value is -0.550. The van der Waals surface area contributed by atoms with Gasteiger partial charge in [-0.1, -0.05) is 20.3 Å². The Morgan fingerprint density at radius 3 is 2.00 bits per heavy atom. The lowest BCUT2D eigenvalue weighted by molar-refractivity contribution is 0.263. The van der Waals surface area contributed by atoms with Gasteiger partial charge in [-0.25, -0.2) is 0 Å². The maximum atomic E-state index is 8.91. The summed E-state index contributed by atoms with van der Waals surface area (Å²) in [5.41, 5.74) is -0.139. The van der Waals surface area contributed by atoms with Crippen LogP contribution in [0.5, 0.6) is 0 Å². The van der Waals surface area contributed by atoms with Gasteiger partial charge in [0.05, 0.1) is 11.5 Å². The highest BCUT2D eigenvalue weighted by Gasteiger charge is 2.15. The average Bonchev–Trinajstić information content (AvgIpc) is 2.25.